The summed E-state index contributed by atoms with van der Waals surface area (Å²) in [5.41, 5.74) is 4.12. The van der Waals surface area contributed by atoms with Gasteiger partial charge in [-0.25, -0.2) is 13.1 Å². The first-order valence-electron chi connectivity index (χ1n) is 6.63. The Morgan fingerprint density at radius 2 is 2.10 bits per heavy atom. The number of hydrogen-bond acceptors (Lipinski definition) is 4. The van der Waals surface area contributed by atoms with Crippen LogP contribution in [0.5, 0.6) is 0 Å². The van der Waals surface area contributed by atoms with Gasteiger partial charge in [-0.1, -0.05) is 13.8 Å². The van der Waals surface area contributed by atoms with Crippen molar-refractivity contribution in [3.63, 3.8) is 0 Å². The smallest absolute Gasteiger partial charge is 0.265 e. The minimum atomic E-state index is -3.80. The molecule has 0 saturated carbocycles. The minimum Gasteiger partial charge on any atom is -0.389 e. The average molecular weight is 317 g/mol. The molecule has 1 amide bonds. The number of nitrogens with two attached hydrogens (primary N) is 1. The highest BCUT2D eigenvalue weighted by Crippen LogP contribution is 2.17. The lowest BCUT2D eigenvalue weighted by Gasteiger charge is -2.25. The zero-order valence-electron chi connectivity index (χ0n) is 12.8. The highest BCUT2D eigenvalue weighted by molar-refractivity contribution is 7.89. The lowest BCUT2D eigenvalue weighted by Crippen LogP contribution is -2.41. The summed E-state index contributed by atoms with van der Waals surface area (Å²) in [5, 5.41) is 10.1. The first kappa shape index (κ1) is 17.7. The number of aromatic nitrogens is 1. The zero-order valence-corrected chi connectivity index (χ0v) is 13.6. The van der Waals surface area contributed by atoms with Crippen molar-refractivity contribution >= 4 is 15.9 Å². The maximum Gasteiger partial charge on any atom is 0.265 e. The summed E-state index contributed by atoms with van der Waals surface area (Å²) in [4.78, 5) is 11.1. The standard InChI is InChI=1S/C13H23N3O4S/c1-9(2)6-13(3,18)8-15-21(19,20)10-5-11(12(14)17)16(4)7-10/h5,7,9,15,18H,6,8H2,1-4H3,(H2,14,17). The van der Waals surface area contributed by atoms with E-state index in [1.165, 1.54) is 23.9 Å². The van der Waals surface area contributed by atoms with E-state index in [0.29, 0.717) is 6.42 Å². The fraction of sp³-hybridized carbons (Fsp3) is 0.615. The van der Waals surface area contributed by atoms with Gasteiger partial charge in [-0.3, -0.25) is 4.79 Å². The number of nitrogens with zero attached hydrogens (tertiary/aromatic N) is 1. The molecule has 0 aromatic carbocycles. The molecule has 1 heterocycles. The van der Waals surface area contributed by atoms with Crippen LogP contribution in [0.15, 0.2) is 17.2 Å². The molecule has 0 spiro atoms. The third kappa shape index (κ3) is 4.83. The Morgan fingerprint density at radius 3 is 2.52 bits per heavy atom. The van der Waals surface area contributed by atoms with Crippen molar-refractivity contribution in [3.05, 3.63) is 18.0 Å². The Bertz CT molecular complexity index is 617. The molecule has 1 unspecified atom stereocenters. The number of nitrogens with one attached hydrogen (secondary N) is 1. The Kier molecular flexibility index (Phi) is 5.19. The summed E-state index contributed by atoms with van der Waals surface area (Å²) in [5.74, 6) is -0.464. The summed E-state index contributed by atoms with van der Waals surface area (Å²) in [6, 6.07) is 1.21. The molecule has 0 saturated heterocycles. The van der Waals surface area contributed by atoms with E-state index in [4.69, 9.17) is 5.73 Å². The maximum absolute atomic E-state index is 12.2. The van der Waals surface area contributed by atoms with E-state index in [1.54, 1.807) is 6.92 Å². The van der Waals surface area contributed by atoms with Gasteiger partial charge in [0.15, 0.2) is 0 Å². The molecule has 1 aromatic heterocycles. The number of amides is 1. The van der Waals surface area contributed by atoms with Crippen molar-refractivity contribution in [3.8, 4) is 0 Å². The second kappa shape index (κ2) is 6.17. The van der Waals surface area contributed by atoms with Crippen molar-refractivity contribution in [2.45, 2.75) is 37.7 Å². The van der Waals surface area contributed by atoms with Gasteiger partial charge in [0.2, 0.25) is 10.0 Å². The number of carbonyl (C=O) groups excluding carboxylic acids is 1. The van der Waals surface area contributed by atoms with E-state index in [2.05, 4.69) is 4.72 Å². The van der Waals surface area contributed by atoms with Gasteiger partial charge in [0.1, 0.15) is 10.6 Å². The Labute approximate surface area is 125 Å². The van der Waals surface area contributed by atoms with Crippen LogP contribution in [0.3, 0.4) is 0 Å². The summed E-state index contributed by atoms with van der Waals surface area (Å²) in [6.07, 6.45) is 1.77. The highest BCUT2D eigenvalue weighted by atomic mass is 32.2. The molecule has 7 nitrogen and oxygen atoms in total. The average Bonchev–Trinajstić information content (AvgIpc) is 2.68. The van der Waals surface area contributed by atoms with Gasteiger partial charge in [-0.15, -0.1) is 0 Å². The quantitative estimate of drug-likeness (QED) is 0.666. The Hall–Kier alpha value is -1.38. The number of aliphatic hydroxyl groups is 1. The van der Waals surface area contributed by atoms with E-state index < -0.39 is 21.5 Å². The number of sulfonamides is 1. The first-order valence-corrected chi connectivity index (χ1v) is 8.11. The van der Waals surface area contributed by atoms with Gasteiger partial charge in [-0.05, 0) is 25.3 Å². The fourth-order valence-electron chi connectivity index (χ4n) is 2.21. The third-order valence-electron chi connectivity index (χ3n) is 3.03. The van der Waals surface area contributed by atoms with Crippen molar-refractivity contribution in [2.24, 2.45) is 18.7 Å². The van der Waals surface area contributed by atoms with Gasteiger partial charge in [0.05, 0.1) is 5.60 Å². The number of hydrogen-bond donors (Lipinski definition) is 3. The Morgan fingerprint density at radius 1 is 1.52 bits per heavy atom. The molecule has 0 aliphatic rings. The zero-order chi connectivity index (χ0) is 16.4. The third-order valence-corrected chi connectivity index (χ3v) is 4.40. The second-order valence-electron chi connectivity index (χ2n) is 5.96. The van der Waals surface area contributed by atoms with E-state index >= 15 is 0 Å². The molecule has 8 heteroatoms. The van der Waals surface area contributed by atoms with Crippen LogP contribution in [0.25, 0.3) is 0 Å². The van der Waals surface area contributed by atoms with E-state index in [-0.39, 0.29) is 23.1 Å². The SMILES string of the molecule is CC(C)CC(C)(O)CNS(=O)(=O)c1cc(C(N)=O)n(C)c1. The van der Waals surface area contributed by atoms with Crippen molar-refractivity contribution in [1.29, 1.82) is 0 Å². The summed E-state index contributed by atoms with van der Waals surface area (Å²) < 4.78 is 28.0. The molecular weight excluding hydrogens is 294 g/mol. The van der Waals surface area contributed by atoms with Crippen molar-refractivity contribution < 1.29 is 18.3 Å². The lowest BCUT2D eigenvalue weighted by atomic mass is 9.95. The van der Waals surface area contributed by atoms with Crippen LogP contribution in [0.2, 0.25) is 0 Å². The molecule has 0 bridgehead atoms. The van der Waals surface area contributed by atoms with E-state index in [1.807, 2.05) is 13.8 Å². The molecule has 120 valence electrons. The molecule has 0 radical (unpaired) electrons. The van der Waals surface area contributed by atoms with Crippen molar-refractivity contribution in [2.75, 3.05) is 6.54 Å². The molecule has 1 aromatic rings. The second-order valence-corrected chi connectivity index (χ2v) is 7.72. The maximum atomic E-state index is 12.2. The molecule has 1 rings (SSSR count). The van der Waals surface area contributed by atoms with Gasteiger partial charge in [-0.2, -0.15) is 0 Å². The molecule has 0 aliphatic carbocycles. The van der Waals surface area contributed by atoms with Gasteiger partial charge < -0.3 is 15.4 Å². The summed E-state index contributed by atoms with van der Waals surface area (Å²) >= 11 is 0. The number of aryl methyl sites for hydroxylation is 1. The molecule has 1 atom stereocenters. The lowest BCUT2D eigenvalue weighted by molar-refractivity contribution is 0.0436. The highest BCUT2D eigenvalue weighted by Gasteiger charge is 2.26. The largest absolute Gasteiger partial charge is 0.389 e. The van der Waals surface area contributed by atoms with Gasteiger partial charge in [0.25, 0.3) is 5.91 Å². The summed E-state index contributed by atoms with van der Waals surface area (Å²) in [6.45, 7) is 5.36. The van der Waals surface area contributed by atoms with Crippen LogP contribution < -0.4 is 10.5 Å². The van der Waals surface area contributed by atoms with Gasteiger partial charge >= 0.3 is 0 Å². The normalized spacial score (nSPS) is 15.1. The van der Waals surface area contributed by atoms with Crippen LogP contribution in [-0.2, 0) is 17.1 Å². The van der Waals surface area contributed by atoms with Crippen LogP contribution in [0.4, 0.5) is 0 Å². The molecule has 21 heavy (non-hydrogen) atoms. The Balaban J connectivity index is 2.88. The predicted molar refractivity (Wildman–Crippen MR) is 79.2 cm³/mol. The fourth-order valence-corrected chi connectivity index (χ4v) is 3.44. The van der Waals surface area contributed by atoms with Crippen molar-refractivity contribution in [1.82, 2.24) is 9.29 Å². The van der Waals surface area contributed by atoms with E-state index in [0.717, 1.165) is 0 Å². The van der Waals surface area contributed by atoms with Crippen LogP contribution in [-0.4, -0.2) is 36.1 Å². The minimum absolute atomic E-state index is 0.0563. The molecular formula is C13H23N3O4S. The predicted octanol–water partition coefficient (Wildman–Crippen LogP) is 0.199. The number of rotatable bonds is 7. The van der Waals surface area contributed by atoms with E-state index in [9.17, 15) is 18.3 Å². The monoisotopic (exact) mass is 317 g/mol. The molecule has 0 aliphatic heterocycles. The number of carbonyl (C=O) groups is 1. The van der Waals surface area contributed by atoms with Gasteiger partial charge in [0, 0.05) is 19.8 Å². The van der Waals surface area contributed by atoms with Crippen LogP contribution >= 0.6 is 0 Å². The molecule has 4 N–H and O–H groups in total. The summed E-state index contributed by atoms with van der Waals surface area (Å²) in [7, 11) is -2.27. The molecule has 0 fully saturated rings. The van der Waals surface area contributed by atoms with Crippen LogP contribution in [0, 0.1) is 5.92 Å². The van der Waals surface area contributed by atoms with Crippen LogP contribution in [0.1, 0.15) is 37.7 Å². The number of primary amides is 1. The topological polar surface area (TPSA) is 114 Å². The first-order chi connectivity index (χ1) is 9.44.